The van der Waals surface area contributed by atoms with Crippen molar-refractivity contribution in [1.82, 2.24) is 34.4 Å². The third-order valence-electron chi connectivity index (χ3n) is 5.91. The number of nitrogens with one attached hydrogen (secondary N) is 2. The van der Waals surface area contributed by atoms with Gasteiger partial charge >= 0.3 is 12.1 Å². The quantitative estimate of drug-likeness (QED) is 0.203. The summed E-state index contributed by atoms with van der Waals surface area (Å²) in [7, 11) is 3.22. The van der Waals surface area contributed by atoms with Crippen LogP contribution in [0.3, 0.4) is 0 Å². The molecule has 4 aromatic rings. The number of aromatic nitrogens is 6. The molecule has 1 amide bonds. The van der Waals surface area contributed by atoms with Crippen LogP contribution in [0.15, 0.2) is 47.9 Å². The van der Waals surface area contributed by atoms with Crippen molar-refractivity contribution in [1.29, 1.82) is 0 Å². The van der Waals surface area contributed by atoms with Gasteiger partial charge in [-0.05, 0) is 25.0 Å². The van der Waals surface area contributed by atoms with Gasteiger partial charge in [0.05, 0.1) is 24.6 Å². The Balaban J connectivity index is 1.65. The summed E-state index contributed by atoms with van der Waals surface area (Å²) < 4.78 is 46.8. The van der Waals surface area contributed by atoms with E-state index >= 15 is 0 Å². The van der Waals surface area contributed by atoms with Crippen molar-refractivity contribution >= 4 is 28.6 Å². The Morgan fingerprint density at radius 1 is 1.20 bits per heavy atom. The van der Waals surface area contributed by atoms with Crippen LogP contribution in [0.1, 0.15) is 18.5 Å². The van der Waals surface area contributed by atoms with Crippen molar-refractivity contribution in [3.8, 4) is 11.3 Å². The second kappa shape index (κ2) is 12.6. The number of nitrogens with zero attached hydrogens (tertiary/aromatic N) is 6. The van der Waals surface area contributed by atoms with E-state index in [2.05, 4.69) is 30.2 Å². The molecule has 218 valence electrons. The Kier molecular flexibility index (Phi) is 9.01. The summed E-state index contributed by atoms with van der Waals surface area (Å²) >= 11 is 0. The molecule has 16 heteroatoms. The van der Waals surface area contributed by atoms with E-state index in [0.29, 0.717) is 36.0 Å². The molecular formula is C25H27F3N8O5. The molecule has 0 bridgehead atoms. The SMILES string of the molecule is COCCCCNc1ncc(-c2cnn(C)c2)n(CC(=O)N(Cc2cc3cnccc3[nH]2)OC(=O)C(F)(F)F)c1=O. The number of hydroxylamine groups is 2. The minimum Gasteiger partial charge on any atom is -0.385 e. The number of carbonyl (C=O) groups is 2. The number of pyridine rings is 1. The Bertz CT molecular complexity index is 1550. The van der Waals surface area contributed by atoms with Crippen molar-refractivity contribution in [3.05, 3.63) is 59.2 Å². The highest BCUT2D eigenvalue weighted by atomic mass is 19.4. The number of H-pyrrole nitrogens is 1. The number of aryl methyl sites for hydroxylation is 1. The van der Waals surface area contributed by atoms with Crippen LogP contribution in [0.2, 0.25) is 0 Å². The van der Waals surface area contributed by atoms with E-state index in [1.165, 1.54) is 29.5 Å². The molecule has 41 heavy (non-hydrogen) atoms. The molecule has 0 aliphatic carbocycles. The van der Waals surface area contributed by atoms with Gasteiger partial charge in [0.15, 0.2) is 5.82 Å². The fourth-order valence-corrected chi connectivity index (χ4v) is 3.94. The number of methoxy groups -OCH3 is 1. The Labute approximate surface area is 230 Å². The van der Waals surface area contributed by atoms with E-state index in [9.17, 15) is 27.6 Å². The highest BCUT2D eigenvalue weighted by Gasteiger charge is 2.43. The van der Waals surface area contributed by atoms with Crippen LogP contribution in [0.4, 0.5) is 19.0 Å². The lowest BCUT2D eigenvalue weighted by atomic mass is 10.2. The van der Waals surface area contributed by atoms with E-state index in [1.54, 1.807) is 32.5 Å². The van der Waals surface area contributed by atoms with Gasteiger partial charge in [0, 0.05) is 68.1 Å². The van der Waals surface area contributed by atoms with Crippen molar-refractivity contribution in [2.75, 3.05) is 25.6 Å². The Morgan fingerprint density at radius 3 is 2.68 bits per heavy atom. The van der Waals surface area contributed by atoms with Gasteiger partial charge in [-0.1, -0.05) is 0 Å². The van der Waals surface area contributed by atoms with Gasteiger partial charge < -0.3 is 19.9 Å². The number of ether oxygens (including phenoxy) is 1. The summed E-state index contributed by atoms with van der Waals surface area (Å²) in [5, 5.41) is 7.88. The number of hydrogen-bond acceptors (Lipinski definition) is 9. The molecule has 0 aromatic carbocycles. The molecule has 0 radical (unpaired) electrons. The standard InChI is InChI=1S/C25H27F3N8O5/c1-34-13-17(11-32-34)20-12-31-22(30-6-3-4-8-40-2)23(38)35(20)15-21(37)36(41-24(39)25(26,27)28)14-18-9-16-10-29-7-5-19(16)33-18/h5,7,9-13,33H,3-4,6,8,14-15H2,1-2H3,(H,30,31). The highest BCUT2D eigenvalue weighted by molar-refractivity contribution is 5.82. The Morgan fingerprint density at radius 2 is 2.00 bits per heavy atom. The number of hydrogen-bond donors (Lipinski definition) is 2. The number of unbranched alkanes of at least 4 members (excludes halogenated alkanes) is 1. The van der Waals surface area contributed by atoms with Gasteiger partial charge in [-0.2, -0.15) is 23.3 Å². The number of fused-ring (bicyclic) bond motifs is 1. The molecule has 0 aliphatic rings. The number of carbonyl (C=O) groups excluding carboxylic acids is 2. The van der Waals surface area contributed by atoms with Gasteiger partial charge in [0.2, 0.25) is 0 Å². The minimum atomic E-state index is -5.36. The fraction of sp³-hybridized carbons (Fsp3) is 0.360. The molecule has 2 N–H and O–H groups in total. The maximum atomic E-state index is 13.4. The van der Waals surface area contributed by atoms with Gasteiger partial charge in [-0.3, -0.25) is 23.8 Å². The second-order valence-corrected chi connectivity index (χ2v) is 8.98. The van der Waals surface area contributed by atoms with Crippen molar-refractivity contribution in [2.45, 2.75) is 32.1 Å². The van der Waals surface area contributed by atoms with Gasteiger partial charge in [-0.15, -0.1) is 0 Å². The summed E-state index contributed by atoms with van der Waals surface area (Å²) in [4.78, 5) is 54.1. The lowest BCUT2D eigenvalue weighted by Crippen LogP contribution is -2.41. The highest BCUT2D eigenvalue weighted by Crippen LogP contribution is 2.21. The first-order chi connectivity index (χ1) is 19.6. The summed E-state index contributed by atoms with van der Waals surface area (Å²) in [5.41, 5.74) is 0.781. The van der Waals surface area contributed by atoms with Crippen molar-refractivity contribution < 1.29 is 32.3 Å². The summed E-state index contributed by atoms with van der Waals surface area (Å²) in [6.45, 7) is -0.400. The third-order valence-corrected chi connectivity index (χ3v) is 5.91. The van der Waals surface area contributed by atoms with E-state index in [4.69, 9.17) is 4.74 Å². The van der Waals surface area contributed by atoms with Crippen LogP contribution in [-0.4, -0.2) is 72.7 Å². The first-order valence-electron chi connectivity index (χ1n) is 12.4. The van der Waals surface area contributed by atoms with E-state index in [1.807, 2.05) is 0 Å². The molecule has 0 fully saturated rings. The smallest absolute Gasteiger partial charge is 0.385 e. The lowest BCUT2D eigenvalue weighted by Gasteiger charge is -2.22. The molecule has 4 aromatic heterocycles. The number of alkyl halides is 3. The average Bonchev–Trinajstić information content (AvgIpc) is 3.54. The number of amides is 1. The Hall–Kier alpha value is -4.73. The van der Waals surface area contributed by atoms with Crippen LogP contribution >= 0.6 is 0 Å². The third kappa shape index (κ3) is 7.27. The van der Waals surface area contributed by atoms with Crippen LogP contribution in [-0.2, 0) is 39.3 Å². The predicted molar refractivity (Wildman–Crippen MR) is 139 cm³/mol. The molecule has 13 nitrogen and oxygen atoms in total. The summed E-state index contributed by atoms with van der Waals surface area (Å²) in [5.74, 6) is -3.75. The first kappa shape index (κ1) is 29.3. The maximum absolute atomic E-state index is 13.4. The summed E-state index contributed by atoms with van der Waals surface area (Å²) in [6, 6.07) is 3.18. The zero-order chi connectivity index (χ0) is 29.6. The first-order valence-corrected chi connectivity index (χ1v) is 12.4. The van der Waals surface area contributed by atoms with Crippen LogP contribution < -0.4 is 10.9 Å². The second-order valence-electron chi connectivity index (χ2n) is 8.98. The normalized spacial score (nSPS) is 11.5. The molecule has 0 saturated carbocycles. The molecule has 0 spiro atoms. The molecule has 0 unspecified atom stereocenters. The zero-order valence-corrected chi connectivity index (χ0v) is 22.1. The number of aromatic amines is 1. The van der Waals surface area contributed by atoms with Gasteiger partial charge in [0.1, 0.15) is 6.54 Å². The van der Waals surface area contributed by atoms with E-state index in [0.717, 1.165) is 11.0 Å². The van der Waals surface area contributed by atoms with Crippen molar-refractivity contribution in [2.24, 2.45) is 7.05 Å². The van der Waals surface area contributed by atoms with E-state index in [-0.39, 0.29) is 22.3 Å². The minimum absolute atomic E-state index is 0.0650. The fourth-order valence-electron chi connectivity index (χ4n) is 3.94. The lowest BCUT2D eigenvalue weighted by molar-refractivity contribution is -0.239. The van der Waals surface area contributed by atoms with Crippen LogP contribution in [0.25, 0.3) is 22.2 Å². The number of rotatable bonds is 11. The molecule has 4 rings (SSSR count). The topological polar surface area (TPSA) is 149 Å². The zero-order valence-electron chi connectivity index (χ0n) is 22.1. The van der Waals surface area contributed by atoms with E-state index < -0.39 is 36.7 Å². The van der Waals surface area contributed by atoms with Crippen LogP contribution in [0, 0.1) is 0 Å². The monoisotopic (exact) mass is 576 g/mol. The average molecular weight is 577 g/mol. The largest absolute Gasteiger partial charge is 0.493 e. The predicted octanol–water partition coefficient (Wildman–Crippen LogP) is 2.41. The van der Waals surface area contributed by atoms with Crippen LogP contribution in [0.5, 0.6) is 0 Å². The number of anilines is 1. The van der Waals surface area contributed by atoms with Crippen molar-refractivity contribution in [3.63, 3.8) is 0 Å². The number of halogens is 3. The molecule has 0 saturated heterocycles. The molecule has 0 aliphatic heterocycles. The molecule has 4 heterocycles. The van der Waals surface area contributed by atoms with Gasteiger partial charge in [-0.25, -0.2) is 9.78 Å². The van der Waals surface area contributed by atoms with Gasteiger partial charge in [0.25, 0.3) is 11.5 Å². The molecular weight excluding hydrogens is 549 g/mol. The summed E-state index contributed by atoms with van der Waals surface area (Å²) in [6.07, 6.45) is 3.42. The molecule has 0 atom stereocenters. The maximum Gasteiger partial charge on any atom is 0.493 e.